The molecule has 0 aromatic carbocycles. The molecule has 0 aliphatic carbocycles. The van der Waals surface area contributed by atoms with E-state index in [9.17, 15) is 4.79 Å². The van der Waals surface area contributed by atoms with Gasteiger partial charge in [0.2, 0.25) is 0 Å². The number of fused-ring (bicyclic) bond motifs is 1. The molecule has 2 aromatic rings. The van der Waals surface area contributed by atoms with Crippen molar-refractivity contribution in [3.05, 3.63) is 35.9 Å². The number of aldehydes is 1. The van der Waals surface area contributed by atoms with Gasteiger partial charge in [0.15, 0.2) is 6.29 Å². The molecule has 0 radical (unpaired) electrons. The molecule has 4 nitrogen and oxygen atoms in total. The lowest BCUT2D eigenvalue weighted by Crippen LogP contribution is -2.33. The highest BCUT2D eigenvalue weighted by molar-refractivity contribution is 5.74. The minimum Gasteiger partial charge on any atom is -0.304 e. The molecule has 0 spiro atoms. The molecule has 0 bridgehead atoms. The van der Waals surface area contributed by atoms with E-state index in [1.807, 2.05) is 28.8 Å². The highest BCUT2D eigenvalue weighted by Crippen LogP contribution is 2.28. The van der Waals surface area contributed by atoms with Gasteiger partial charge in [-0.25, -0.2) is 4.98 Å². The lowest BCUT2D eigenvalue weighted by Gasteiger charge is -2.30. The summed E-state index contributed by atoms with van der Waals surface area (Å²) in [4.78, 5) is 18.2. The molecule has 0 saturated carbocycles. The van der Waals surface area contributed by atoms with E-state index in [-0.39, 0.29) is 0 Å². The molecule has 3 rings (SSSR count). The zero-order chi connectivity index (χ0) is 13.2. The predicted molar refractivity (Wildman–Crippen MR) is 74.7 cm³/mol. The molecule has 1 aliphatic heterocycles. The first-order valence-corrected chi connectivity index (χ1v) is 6.97. The lowest BCUT2D eigenvalue weighted by atomic mass is 9.96. The number of hydrogen-bond acceptors (Lipinski definition) is 3. The third-order valence-corrected chi connectivity index (χ3v) is 4.13. The molecular formula is C15H19N3O. The van der Waals surface area contributed by atoms with Gasteiger partial charge in [-0.05, 0) is 44.6 Å². The van der Waals surface area contributed by atoms with E-state index >= 15 is 0 Å². The van der Waals surface area contributed by atoms with Gasteiger partial charge in [0.1, 0.15) is 5.82 Å². The smallest absolute Gasteiger partial charge is 0.166 e. The number of carbonyl (C=O) groups is 1. The Balaban J connectivity index is 1.95. The van der Waals surface area contributed by atoms with E-state index in [2.05, 4.69) is 16.8 Å². The Morgan fingerprint density at radius 2 is 2.16 bits per heavy atom. The third-order valence-electron chi connectivity index (χ3n) is 4.13. The number of pyridine rings is 1. The van der Waals surface area contributed by atoms with E-state index < -0.39 is 0 Å². The third kappa shape index (κ3) is 2.16. The van der Waals surface area contributed by atoms with Crippen molar-refractivity contribution in [1.29, 1.82) is 0 Å². The molecule has 4 heteroatoms. The summed E-state index contributed by atoms with van der Waals surface area (Å²) in [6.07, 6.45) is 5.04. The van der Waals surface area contributed by atoms with Crippen molar-refractivity contribution in [3.63, 3.8) is 0 Å². The highest BCUT2D eigenvalue weighted by atomic mass is 16.1. The summed E-state index contributed by atoms with van der Waals surface area (Å²) < 4.78 is 2.01. The van der Waals surface area contributed by atoms with Crippen LogP contribution in [0.5, 0.6) is 0 Å². The monoisotopic (exact) mass is 257 g/mol. The number of hydrogen-bond donors (Lipinski definition) is 0. The van der Waals surface area contributed by atoms with E-state index in [0.717, 1.165) is 50.1 Å². The van der Waals surface area contributed by atoms with Gasteiger partial charge in [0, 0.05) is 5.92 Å². The number of carbonyl (C=O) groups excluding carboxylic acids is 1. The molecule has 2 aromatic heterocycles. The number of piperidine rings is 1. The lowest BCUT2D eigenvalue weighted by molar-refractivity contribution is 0.111. The fourth-order valence-corrected chi connectivity index (χ4v) is 2.99. The first-order chi connectivity index (χ1) is 9.33. The van der Waals surface area contributed by atoms with Gasteiger partial charge in [-0.2, -0.15) is 0 Å². The van der Waals surface area contributed by atoms with Gasteiger partial charge >= 0.3 is 0 Å². The zero-order valence-corrected chi connectivity index (χ0v) is 11.2. The predicted octanol–water partition coefficient (Wildman–Crippen LogP) is 2.35. The molecule has 0 unspecified atom stereocenters. The van der Waals surface area contributed by atoms with Crippen LogP contribution >= 0.6 is 0 Å². The molecule has 1 fully saturated rings. The summed E-state index contributed by atoms with van der Waals surface area (Å²) in [5.74, 6) is 1.51. The Kier molecular flexibility index (Phi) is 3.34. The van der Waals surface area contributed by atoms with Crippen LogP contribution in [0.1, 0.15) is 42.0 Å². The van der Waals surface area contributed by atoms with Crippen LogP contribution in [0, 0.1) is 0 Å². The maximum atomic E-state index is 11.2. The van der Waals surface area contributed by atoms with Gasteiger partial charge in [0.05, 0.1) is 17.4 Å². The van der Waals surface area contributed by atoms with Crippen LogP contribution in [-0.4, -0.2) is 40.2 Å². The van der Waals surface area contributed by atoms with Gasteiger partial charge in [0.25, 0.3) is 0 Å². The van der Waals surface area contributed by atoms with Gasteiger partial charge < -0.3 is 4.90 Å². The number of nitrogens with zero attached hydrogens (tertiary/aromatic N) is 3. The van der Waals surface area contributed by atoms with Crippen LogP contribution in [0.2, 0.25) is 0 Å². The minimum absolute atomic E-state index is 0.464. The number of rotatable bonds is 3. The largest absolute Gasteiger partial charge is 0.304 e. The zero-order valence-electron chi connectivity index (χ0n) is 11.2. The summed E-state index contributed by atoms with van der Waals surface area (Å²) in [6.45, 7) is 5.57. The van der Waals surface area contributed by atoms with E-state index in [0.29, 0.717) is 11.6 Å². The maximum Gasteiger partial charge on any atom is 0.166 e. The maximum absolute atomic E-state index is 11.2. The Bertz CT molecular complexity index is 582. The van der Waals surface area contributed by atoms with Gasteiger partial charge in [-0.3, -0.25) is 9.20 Å². The molecule has 0 amide bonds. The first kappa shape index (κ1) is 12.4. The van der Waals surface area contributed by atoms with Crippen LogP contribution in [0.3, 0.4) is 0 Å². The van der Waals surface area contributed by atoms with Crippen molar-refractivity contribution in [2.75, 3.05) is 19.6 Å². The fourth-order valence-electron chi connectivity index (χ4n) is 2.99. The minimum atomic E-state index is 0.464. The molecule has 100 valence electrons. The summed E-state index contributed by atoms with van der Waals surface area (Å²) in [5.41, 5.74) is 1.71. The SMILES string of the molecule is CCN1CCC(c2ncc3cccc(C=O)n23)CC1. The standard InChI is InChI=1S/C15H19N3O/c1-2-17-8-6-12(7-9-17)15-16-10-13-4-3-5-14(11-19)18(13)15/h3-5,10-12H,2,6-9H2,1H3. The van der Waals surface area contributed by atoms with Crippen LogP contribution in [0.15, 0.2) is 24.4 Å². The quantitative estimate of drug-likeness (QED) is 0.792. The average Bonchev–Trinajstić information content (AvgIpc) is 2.91. The van der Waals surface area contributed by atoms with Crippen molar-refractivity contribution in [2.24, 2.45) is 0 Å². The van der Waals surface area contributed by atoms with Crippen molar-refractivity contribution < 1.29 is 4.79 Å². The molecule has 0 atom stereocenters. The van der Waals surface area contributed by atoms with Gasteiger partial charge in [-0.1, -0.05) is 13.0 Å². The molecule has 3 heterocycles. The molecule has 1 aliphatic rings. The Morgan fingerprint density at radius 3 is 2.84 bits per heavy atom. The summed E-state index contributed by atoms with van der Waals surface area (Å²) in [5, 5.41) is 0. The summed E-state index contributed by atoms with van der Waals surface area (Å²) in [6, 6.07) is 5.77. The van der Waals surface area contributed by atoms with Gasteiger partial charge in [-0.15, -0.1) is 0 Å². The Labute approximate surface area is 113 Å². The summed E-state index contributed by atoms with van der Waals surface area (Å²) in [7, 11) is 0. The molecule has 0 N–H and O–H groups in total. The van der Waals surface area contributed by atoms with E-state index in [4.69, 9.17) is 0 Å². The van der Waals surface area contributed by atoms with Crippen molar-refractivity contribution in [2.45, 2.75) is 25.7 Å². The number of aromatic nitrogens is 2. The van der Waals surface area contributed by atoms with Crippen LogP contribution in [-0.2, 0) is 0 Å². The van der Waals surface area contributed by atoms with Crippen molar-refractivity contribution in [1.82, 2.24) is 14.3 Å². The second-order valence-electron chi connectivity index (χ2n) is 5.15. The number of likely N-dealkylation sites (tertiary alicyclic amines) is 1. The van der Waals surface area contributed by atoms with E-state index in [1.54, 1.807) is 0 Å². The molecule has 19 heavy (non-hydrogen) atoms. The van der Waals surface area contributed by atoms with E-state index in [1.165, 1.54) is 0 Å². The Morgan fingerprint density at radius 1 is 1.37 bits per heavy atom. The normalized spacial score (nSPS) is 17.9. The van der Waals surface area contributed by atoms with Crippen molar-refractivity contribution in [3.8, 4) is 0 Å². The average molecular weight is 257 g/mol. The fraction of sp³-hybridized carbons (Fsp3) is 0.467. The summed E-state index contributed by atoms with van der Waals surface area (Å²) >= 11 is 0. The van der Waals surface area contributed by atoms with Crippen molar-refractivity contribution >= 4 is 11.8 Å². The topological polar surface area (TPSA) is 37.6 Å². The molecule has 1 saturated heterocycles. The van der Waals surface area contributed by atoms with Crippen LogP contribution < -0.4 is 0 Å². The Hall–Kier alpha value is -1.68. The second kappa shape index (κ2) is 5.13. The van der Waals surface area contributed by atoms with Crippen LogP contribution in [0.4, 0.5) is 0 Å². The van der Waals surface area contributed by atoms with Crippen LogP contribution in [0.25, 0.3) is 5.52 Å². The second-order valence-corrected chi connectivity index (χ2v) is 5.15. The first-order valence-electron chi connectivity index (χ1n) is 6.97. The number of imidazole rings is 1. The highest BCUT2D eigenvalue weighted by Gasteiger charge is 2.23. The molecular weight excluding hydrogens is 238 g/mol.